The van der Waals surface area contributed by atoms with Crippen molar-refractivity contribution in [2.75, 3.05) is 20.2 Å². The van der Waals surface area contributed by atoms with Crippen LogP contribution in [0.1, 0.15) is 12.0 Å². The molecule has 148 valence electrons. The van der Waals surface area contributed by atoms with Gasteiger partial charge in [0.15, 0.2) is 9.84 Å². The summed E-state index contributed by atoms with van der Waals surface area (Å²) in [6.07, 6.45) is -0.0886. The first-order valence-electron chi connectivity index (χ1n) is 9.43. The summed E-state index contributed by atoms with van der Waals surface area (Å²) in [5.74, 6) is -0.364. The van der Waals surface area contributed by atoms with Crippen molar-refractivity contribution in [2.45, 2.75) is 35.3 Å². The molecule has 0 aliphatic carbocycles. The number of hydrogen-bond acceptors (Lipinski definition) is 6. The molecule has 0 bridgehead atoms. The average Bonchev–Trinajstić information content (AvgIpc) is 3.30. The summed E-state index contributed by atoms with van der Waals surface area (Å²) in [4.78, 5) is 16.8. The Bertz CT molecular complexity index is 933. The number of hydrogen-bond donors (Lipinski definition) is 0. The van der Waals surface area contributed by atoms with E-state index in [0.29, 0.717) is 24.5 Å². The van der Waals surface area contributed by atoms with Gasteiger partial charge in [-0.1, -0.05) is 48.5 Å². The maximum atomic E-state index is 13.4. The fourth-order valence-corrected chi connectivity index (χ4v) is 6.38. The van der Waals surface area contributed by atoms with Gasteiger partial charge in [0.25, 0.3) is 0 Å². The highest BCUT2D eigenvalue weighted by Crippen LogP contribution is 2.38. The predicted molar refractivity (Wildman–Crippen MR) is 105 cm³/mol. The van der Waals surface area contributed by atoms with Crippen LogP contribution < -0.4 is 0 Å². The summed E-state index contributed by atoms with van der Waals surface area (Å²) in [5.41, 5.74) is 1.13. The van der Waals surface area contributed by atoms with Crippen LogP contribution in [0.2, 0.25) is 0 Å². The standard InChI is InChI=1S/C21H24N2O4S/c1-27-21(24)18-14-19(28(25,26)17-10-6-3-7-11-17)20-22(12-13-23(18)20)15-16-8-4-2-5-9-16/h2-11,18-20H,12-15H2,1H3/t18-,19-,20-/m0/s1. The molecule has 0 N–H and O–H groups in total. The smallest absolute Gasteiger partial charge is 0.323 e. The Morgan fingerprint density at radius 3 is 2.32 bits per heavy atom. The number of sulfone groups is 1. The Balaban J connectivity index is 1.69. The van der Waals surface area contributed by atoms with Gasteiger partial charge in [-0.25, -0.2) is 8.42 Å². The summed E-state index contributed by atoms with van der Waals surface area (Å²) < 4.78 is 31.8. The number of esters is 1. The third-order valence-electron chi connectivity index (χ3n) is 5.72. The zero-order valence-corrected chi connectivity index (χ0v) is 16.6. The lowest BCUT2D eigenvalue weighted by atomic mass is 10.2. The second-order valence-electron chi connectivity index (χ2n) is 7.28. The first-order valence-corrected chi connectivity index (χ1v) is 11.0. The number of fused-ring (bicyclic) bond motifs is 1. The predicted octanol–water partition coefficient (Wildman–Crippen LogP) is 1.92. The molecule has 2 saturated heterocycles. The topological polar surface area (TPSA) is 66.9 Å². The number of nitrogens with zero attached hydrogens (tertiary/aromatic N) is 2. The van der Waals surface area contributed by atoms with Crippen molar-refractivity contribution >= 4 is 15.8 Å². The Kier molecular flexibility index (Phi) is 5.23. The summed E-state index contributed by atoms with van der Waals surface area (Å²) in [6.45, 7) is 2.02. The van der Waals surface area contributed by atoms with E-state index in [2.05, 4.69) is 4.90 Å². The van der Waals surface area contributed by atoms with Crippen molar-refractivity contribution in [1.82, 2.24) is 9.80 Å². The molecule has 2 aliphatic rings. The molecule has 0 aromatic heterocycles. The minimum atomic E-state index is -3.58. The number of carbonyl (C=O) groups excluding carboxylic acids is 1. The fourth-order valence-electron chi connectivity index (χ4n) is 4.41. The number of rotatable bonds is 5. The van der Waals surface area contributed by atoms with Gasteiger partial charge in [-0.05, 0) is 24.1 Å². The Morgan fingerprint density at radius 1 is 1.04 bits per heavy atom. The van der Waals surface area contributed by atoms with Gasteiger partial charge in [-0.15, -0.1) is 0 Å². The molecular formula is C21H24N2O4S. The highest BCUT2D eigenvalue weighted by atomic mass is 32.2. The van der Waals surface area contributed by atoms with E-state index >= 15 is 0 Å². The van der Waals surface area contributed by atoms with Crippen molar-refractivity contribution in [1.29, 1.82) is 0 Å². The minimum absolute atomic E-state index is 0.250. The van der Waals surface area contributed by atoms with Gasteiger partial charge in [0.2, 0.25) is 0 Å². The first kappa shape index (κ1) is 19.1. The van der Waals surface area contributed by atoms with Gasteiger partial charge in [-0.3, -0.25) is 14.6 Å². The molecule has 0 radical (unpaired) electrons. The molecule has 4 rings (SSSR count). The van der Waals surface area contributed by atoms with Crippen LogP contribution in [0.25, 0.3) is 0 Å². The summed E-state index contributed by atoms with van der Waals surface area (Å²) >= 11 is 0. The Morgan fingerprint density at radius 2 is 1.68 bits per heavy atom. The minimum Gasteiger partial charge on any atom is -0.468 e. The number of methoxy groups -OCH3 is 1. The Labute approximate surface area is 165 Å². The molecule has 0 unspecified atom stereocenters. The van der Waals surface area contributed by atoms with E-state index in [1.807, 2.05) is 35.2 Å². The highest BCUT2D eigenvalue weighted by Gasteiger charge is 2.55. The molecule has 6 nitrogen and oxygen atoms in total. The molecule has 2 fully saturated rings. The fraction of sp³-hybridized carbons (Fsp3) is 0.381. The zero-order valence-electron chi connectivity index (χ0n) is 15.8. The molecule has 0 saturated carbocycles. The van der Waals surface area contributed by atoms with Crippen LogP contribution in [-0.2, 0) is 25.9 Å². The molecule has 2 heterocycles. The SMILES string of the molecule is COC(=O)[C@@H]1C[C@H](S(=O)(=O)c2ccccc2)[C@H]2N(Cc3ccccc3)CCN12. The third kappa shape index (κ3) is 3.34. The van der Waals surface area contributed by atoms with Gasteiger partial charge in [-0.2, -0.15) is 0 Å². The second kappa shape index (κ2) is 7.66. The van der Waals surface area contributed by atoms with E-state index in [1.54, 1.807) is 30.3 Å². The van der Waals surface area contributed by atoms with Gasteiger partial charge >= 0.3 is 5.97 Å². The second-order valence-corrected chi connectivity index (χ2v) is 9.45. The van der Waals surface area contributed by atoms with Crippen LogP contribution in [0.4, 0.5) is 0 Å². The van der Waals surface area contributed by atoms with Crippen LogP contribution in [0, 0.1) is 0 Å². The molecule has 2 aromatic rings. The molecule has 3 atom stereocenters. The van der Waals surface area contributed by atoms with Crippen LogP contribution in [-0.4, -0.2) is 61.8 Å². The van der Waals surface area contributed by atoms with Gasteiger partial charge in [0.1, 0.15) is 6.04 Å². The quantitative estimate of drug-likeness (QED) is 0.715. The van der Waals surface area contributed by atoms with Gasteiger partial charge < -0.3 is 4.74 Å². The normalized spacial score (nSPS) is 25.5. The van der Waals surface area contributed by atoms with E-state index in [0.717, 1.165) is 5.56 Å². The summed E-state index contributed by atoms with van der Waals surface area (Å²) in [5, 5.41) is -0.676. The van der Waals surface area contributed by atoms with Crippen molar-refractivity contribution in [3.8, 4) is 0 Å². The molecule has 7 heteroatoms. The van der Waals surface area contributed by atoms with Gasteiger partial charge in [0, 0.05) is 19.6 Å². The summed E-state index contributed by atoms with van der Waals surface area (Å²) in [6, 6.07) is 18.0. The van der Waals surface area contributed by atoms with E-state index in [-0.39, 0.29) is 18.6 Å². The molecule has 0 amide bonds. The Hall–Kier alpha value is -2.22. The monoisotopic (exact) mass is 400 g/mol. The molecule has 2 aromatic carbocycles. The van der Waals surface area contributed by atoms with E-state index in [1.165, 1.54) is 7.11 Å². The highest BCUT2D eigenvalue weighted by molar-refractivity contribution is 7.92. The molecule has 0 spiro atoms. The van der Waals surface area contributed by atoms with Crippen LogP contribution in [0.5, 0.6) is 0 Å². The maximum Gasteiger partial charge on any atom is 0.323 e. The number of benzene rings is 2. The lowest BCUT2D eigenvalue weighted by Gasteiger charge is -2.29. The largest absolute Gasteiger partial charge is 0.468 e. The van der Waals surface area contributed by atoms with E-state index in [9.17, 15) is 13.2 Å². The summed E-state index contributed by atoms with van der Waals surface area (Å²) in [7, 11) is -2.23. The third-order valence-corrected chi connectivity index (χ3v) is 7.88. The van der Waals surface area contributed by atoms with Crippen LogP contribution in [0.3, 0.4) is 0 Å². The molecule has 2 aliphatic heterocycles. The van der Waals surface area contributed by atoms with E-state index < -0.39 is 21.1 Å². The lowest BCUT2D eigenvalue weighted by Crippen LogP contribution is -2.45. The van der Waals surface area contributed by atoms with Crippen molar-refractivity contribution in [3.63, 3.8) is 0 Å². The van der Waals surface area contributed by atoms with Crippen molar-refractivity contribution in [2.24, 2.45) is 0 Å². The first-order chi connectivity index (χ1) is 13.5. The average molecular weight is 401 g/mol. The van der Waals surface area contributed by atoms with Crippen LogP contribution >= 0.6 is 0 Å². The van der Waals surface area contributed by atoms with Gasteiger partial charge in [0.05, 0.1) is 23.4 Å². The maximum absolute atomic E-state index is 13.4. The number of carbonyl (C=O) groups is 1. The molecular weight excluding hydrogens is 376 g/mol. The van der Waals surface area contributed by atoms with Crippen molar-refractivity contribution in [3.05, 3.63) is 66.2 Å². The zero-order chi connectivity index (χ0) is 19.7. The van der Waals surface area contributed by atoms with E-state index in [4.69, 9.17) is 4.74 Å². The lowest BCUT2D eigenvalue weighted by molar-refractivity contribution is -0.146. The van der Waals surface area contributed by atoms with Crippen molar-refractivity contribution < 1.29 is 17.9 Å². The van der Waals surface area contributed by atoms with Crippen LogP contribution in [0.15, 0.2) is 65.6 Å². The molecule has 28 heavy (non-hydrogen) atoms. The number of ether oxygens (including phenoxy) is 1.